The molecule has 0 atom stereocenters. The molecule has 0 N–H and O–H groups in total. The second-order valence-corrected chi connectivity index (χ2v) is 36.2. The van der Waals surface area contributed by atoms with E-state index in [0.29, 0.717) is 0 Å². The molecule has 0 aliphatic carbocycles. The zero-order chi connectivity index (χ0) is 78.6. The van der Waals surface area contributed by atoms with Gasteiger partial charge >= 0.3 is 42.1 Å². The van der Waals surface area contributed by atoms with Gasteiger partial charge < -0.3 is 12.8 Å². The quantitative estimate of drug-likeness (QED) is 0.0650. The van der Waals surface area contributed by atoms with Crippen LogP contribution in [0, 0.1) is 157 Å². The van der Waals surface area contributed by atoms with E-state index >= 15 is 0 Å². The molecule has 0 saturated heterocycles. The standard InChI is InChI=1S/4C21H21P.C8.2C7H7.2Pt/c4*1-16-4-10-19(11-5-16)22(20-12-6-17(2)7-13-20)21-14-8-18(3)9-15-21;1-3-5-7-8-6-4-2;2*1-7-5-3-2-4-6-7;;/h4*4-15H,1-3H3;;2*3-6H,1H3;;/q;;;;-2;2*-1;2*+2. The zero-order valence-electron chi connectivity index (χ0n) is 66.8. The van der Waals surface area contributed by atoms with Crippen LogP contribution in [0.4, 0.5) is 0 Å². The second kappa shape index (κ2) is 49.0. The van der Waals surface area contributed by atoms with Crippen LogP contribution in [-0.2, 0) is 42.1 Å². The van der Waals surface area contributed by atoms with Crippen LogP contribution in [0.1, 0.15) is 77.9 Å². The summed E-state index contributed by atoms with van der Waals surface area (Å²) in [6, 6.07) is 129. The Balaban J connectivity index is 0.000000212. The molecular formula is C106H98P4Pt2. The van der Waals surface area contributed by atoms with Gasteiger partial charge in [-0.1, -0.05) is 372 Å². The van der Waals surface area contributed by atoms with Crippen molar-refractivity contribution in [3.63, 3.8) is 0 Å². The maximum atomic E-state index is 6.28. The summed E-state index contributed by atoms with van der Waals surface area (Å²) < 4.78 is 0. The van der Waals surface area contributed by atoms with Gasteiger partial charge in [-0.2, -0.15) is 71.8 Å². The number of hydrogen-bond donors (Lipinski definition) is 0. The van der Waals surface area contributed by atoms with E-state index in [1.165, 1.54) is 142 Å². The summed E-state index contributed by atoms with van der Waals surface area (Å²) in [6.07, 6.45) is 12.6. The van der Waals surface area contributed by atoms with Gasteiger partial charge in [0.15, 0.2) is 0 Å². The normalized spacial score (nSPS) is 9.89. The van der Waals surface area contributed by atoms with Crippen LogP contribution in [0.5, 0.6) is 0 Å². The Bertz CT molecular complexity index is 4220. The SMILES string of the molecule is Cc1cc[c-]cc1.Cc1cc[c-]cc1.Cc1ccc(P(c2ccc(C)cc2)c2ccc(C)cc2)cc1.Cc1ccc(P(c2ccc(C)cc2)c2ccc(C)cc2)cc1.Cc1ccc(P(c2ccc(C)cc2)c2ccc(C)cc2)cc1.Cc1ccc(P(c2ccc(C)cc2)c2ccc(C)cc2)cc1.[C-]#CC#CC#CC#[C-].[Pt+2].[Pt+2]. The summed E-state index contributed by atoms with van der Waals surface area (Å²) in [5.41, 5.74) is 18.3. The molecule has 0 spiro atoms. The van der Waals surface area contributed by atoms with Gasteiger partial charge in [-0.3, -0.25) is 11.8 Å². The fourth-order valence-corrected chi connectivity index (χ4v) is 20.1. The minimum Gasteiger partial charge on any atom is -0.358 e. The molecule has 0 aromatic heterocycles. The van der Waals surface area contributed by atoms with Crippen LogP contribution in [-0.4, -0.2) is 0 Å². The van der Waals surface area contributed by atoms with Crippen LogP contribution in [0.15, 0.2) is 340 Å². The molecule has 0 unspecified atom stereocenters. The summed E-state index contributed by atoms with van der Waals surface area (Å²) in [6.45, 7) is 29.8. The number of hydrogen-bond acceptors (Lipinski definition) is 0. The Kier molecular flexibility index (Phi) is 40.0. The third kappa shape index (κ3) is 30.8. The maximum Gasteiger partial charge on any atom is 2.00 e. The fourth-order valence-electron chi connectivity index (χ4n) is 11.2. The van der Waals surface area contributed by atoms with Crippen LogP contribution >= 0.6 is 31.7 Å². The Morgan fingerprint density at radius 3 is 0.339 bits per heavy atom. The Morgan fingerprint density at radius 2 is 0.259 bits per heavy atom. The number of benzene rings is 14. The van der Waals surface area contributed by atoms with Gasteiger partial charge in [0, 0.05) is 0 Å². The van der Waals surface area contributed by atoms with E-state index in [4.69, 9.17) is 12.8 Å². The predicted octanol–water partition coefficient (Wildman–Crippen LogP) is 21.2. The Morgan fingerprint density at radius 1 is 0.161 bits per heavy atom. The predicted molar refractivity (Wildman–Crippen MR) is 487 cm³/mol. The van der Waals surface area contributed by atoms with Crippen molar-refractivity contribution in [2.45, 2.75) is 96.9 Å². The first-order chi connectivity index (χ1) is 53.2. The van der Waals surface area contributed by atoms with Crippen molar-refractivity contribution in [2.75, 3.05) is 0 Å². The van der Waals surface area contributed by atoms with Gasteiger partial charge in [-0.25, -0.2) is 11.8 Å². The minimum atomic E-state index is -0.483. The van der Waals surface area contributed by atoms with Gasteiger partial charge in [0.25, 0.3) is 0 Å². The van der Waals surface area contributed by atoms with Crippen molar-refractivity contribution in [1.29, 1.82) is 0 Å². The van der Waals surface area contributed by atoms with Gasteiger partial charge in [-0.05, 0) is 178 Å². The molecule has 14 aromatic carbocycles. The smallest absolute Gasteiger partial charge is 0.358 e. The topological polar surface area (TPSA) is 0 Å². The molecular weight excluding hydrogens is 1790 g/mol. The van der Waals surface area contributed by atoms with E-state index in [0.717, 1.165) is 0 Å². The van der Waals surface area contributed by atoms with Crippen molar-refractivity contribution >= 4 is 95.3 Å². The van der Waals surface area contributed by atoms with Crippen molar-refractivity contribution in [2.24, 2.45) is 0 Å². The molecule has 0 radical (unpaired) electrons. The zero-order valence-corrected chi connectivity index (χ0v) is 74.9. The first-order valence-electron chi connectivity index (χ1n) is 36.9. The number of aryl methyl sites for hydroxylation is 14. The van der Waals surface area contributed by atoms with E-state index in [2.05, 4.69) is 424 Å². The molecule has 14 rings (SSSR count). The van der Waals surface area contributed by atoms with Crippen molar-refractivity contribution in [3.8, 4) is 35.5 Å². The van der Waals surface area contributed by atoms with E-state index in [1.807, 2.05) is 60.4 Å². The molecule has 14 aromatic rings. The second-order valence-electron chi connectivity index (χ2n) is 27.3. The van der Waals surface area contributed by atoms with Crippen molar-refractivity contribution in [1.82, 2.24) is 0 Å². The average molecular weight is 1890 g/mol. The van der Waals surface area contributed by atoms with Crippen LogP contribution in [0.2, 0.25) is 0 Å². The van der Waals surface area contributed by atoms with E-state index < -0.39 is 31.7 Å². The van der Waals surface area contributed by atoms with Gasteiger partial charge in [0.05, 0.1) is 0 Å². The molecule has 0 saturated carbocycles. The summed E-state index contributed by atoms with van der Waals surface area (Å²) in [4.78, 5) is 0. The molecule has 112 heavy (non-hydrogen) atoms. The molecule has 562 valence electrons. The summed E-state index contributed by atoms with van der Waals surface area (Å²) in [5, 5.41) is 16.9. The monoisotopic (exact) mass is 1880 g/mol. The molecule has 0 amide bonds. The maximum absolute atomic E-state index is 6.28. The molecule has 0 heterocycles. The first kappa shape index (κ1) is 91.3. The van der Waals surface area contributed by atoms with Gasteiger partial charge in [0.1, 0.15) is 0 Å². The summed E-state index contributed by atoms with van der Waals surface area (Å²) in [7, 11) is -1.93. The van der Waals surface area contributed by atoms with Gasteiger partial charge in [-0.15, -0.1) is 11.8 Å². The van der Waals surface area contributed by atoms with Crippen LogP contribution in [0.25, 0.3) is 0 Å². The van der Waals surface area contributed by atoms with Crippen LogP contribution in [0.3, 0.4) is 0 Å². The number of rotatable bonds is 12. The molecule has 6 heteroatoms. The van der Waals surface area contributed by atoms with Crippen molar-refractivity contribution in [3.05, 3.63) is 443 Å². The fraction of sp³-hybridized carbons (Fsp3) is 0.132. The first-order valence-corrected chi connectivity index (χ1v) is 42.3. The molecule has 0 nitrogen and oxygen atoms in total. The summed E-state index contributed by atoms with van der Waals surface area (Å²) >= 11 is 0. The van der Waals surface area contributed by atoms with E-state index in [-0.39, 0.29) is 42.1 Å². The Labute approximate surface area is 706 Å². The van der Waals surface area contributed by atoms with Crippen LogP contribution < -0.4 is 63.7 Å². The molecule has 0 fully saturated rings. The third-order valence-electron chi connectivity index (χ3n) is 17.6. The largest absolute Gasteiger partial charge is 2.00 e. The molecule has 0 bridgehead atoms. The Hall–Kier alpha value is -9.58. The minimum absolute atomic E-state index is 0. The third-order valence-corrected chi connectivity index (χ3v) is 27.4. The molecule has 0 aliphatic heterocycles. The van der Waals surface area contributed by atoms with E-state index in [1.54, 1.807) is 0 Å². The summed E-state index contributed by atoms with van der Waals surface area (Å²) in [5.74, 6) is 12.4. The average Bonchev–Trinajstić information content (AvgIpc) is 0.828. The van der Waals surface area contributed by atoms with Gasteiger partial charge in [0.2, 0.25) is 0 Å². The van der Waals surface area contributed by atoms with E-state index in [9.17, 15) is 0 Å². The molecule has 0 aliphatic rings. The van der Waals surface area contributed by atoms with Crippen molar-refractivity contribution < 1.29 is 42.1 Å².